The van der Waals surface area contributed by atoms with Gasteiger partial charge in [-0.2, -0.15) is 0 Å². The van der Waals surface area contributed by atoms with Crippen LogP contribution in [-0.2, 0) is 4.79 Å². The number of nitrogens with zero attached hydrogens (tertiary/aromatic N) is 2. The molecule has 1 aliphatic heterocycles. The minimum absolute atomic E-state index is 0.0134. The van der Waals surface area contributed by atoms with Crippen LogP contribution in [-0.4, -0.2) is 20.3 Å². The number of halogens is 3. The molecule has 0 aliphatic carbocycles. The van der Waals surface area contributed by atoms with Crippen molar-refractivity contribution in [1.82, 2.24) is 0 Å². The van der Waals surface area contributed by atoms with E-state index in [0.717, 1.165) is 11.8 Å². The van der Waals surface area contributed by atoms with E-state index >= 15 is 0 Å². The monoisotopic (exact) mass is 460 g/mol. The second kappa shape index (κ2) is 7.65. The number of amides is 1. The van der Waals surface area contributed by atoms with E-state index in [4.69, 9.17) is 47.0 Å². The van der Waals surface area contributed by atoms with Crippen molar-refractivity contribution in [3.05, 3.63) is 66.0 Å². The summed E-state index contributed by atoms with van der Waals surface area (Å²) in [7, 11) is 0. The highest BCUT2D eigenvalue weighted by atomic mass is 35.5. The molecule has 1 saturated heterocycles. The fourth-order valence-corrected chi connectivity index (χ4v) is 4.43. The topological polar surface area (TPSA) is 83.7 Å². The first-order chi connectivity index (χ1) is 12.7. The zero-order chi connectivity index (χ0) is 19.9. The van der Waals surface area contributed by atoms with Crippen LogP contribution in [0.15, 0.2) is 35.2 Å². The van der Waals surface area contributed by atoms with E-state index in [9.17, 15) is 20.0 Å². The van der Waals surface area contributed by atoms with Gasteiger partial charge in [0.1, 0.15) is 0 Å². The maximum absolute atomic E-state index is 12.8. The summed E-state index contributed by atoms with van der Waals surface area (Å²) < 4.78 is 0.241. The summed E-state index contributed by atoms with van der Waals surface area (Å²) in [5.74, 6) is -0.791. The molecule has 1 amide bonds. The smallest absolute Gasteiger partial charge is 0.270 e. The molecule has 0 aromatic heterocycles. The lowest BCUT2D eigenvalue weighted by Gasteiger charge is -2.14. The van der Waals surface area contributed by atoms with Gasteiger partial charge in [0.25, 0.3) is 11.6 Å². The van der Waals surface area contributed by atoms with Crippen LogP contribution >= 0.6 is 58.8 Å². The normalized spacial score (nSPS) is 15.7. The molecule has 2 aromatic carbocycles. The Kier molecular flexibility index (Phi) is 5.64. The molecule has 0 spiro atoms. The Morgan fingerprint density at radius 1 is 1.19 bits per heavy atom. The number of nitro groups is 1. The first-order valence-corrected chi connectivity index (χ1v) is 9.45. The maximum atomic E-state index is 12.8. The Balaban J connectivity index is 1.98. The van der Waals surface area contributed by atoms with Crippen molar-refractivity contribution in [2.75, 3.05) is 4.90 Å². The molecular formula is C16H7Cl3N2O4S2. The van der Waals surface area contributed by atoms with Gasteiger partial charge >= 0.3 is 0 Å². The first kappa shape index (κ1) is 19.9. The molecule has 138 valence electrons. The third-order valence-corrected chi connectivity index (χ3v) is 5.85. The number of phenolic OH excluding ortho intramolecular Hbond substituents is 1. The molecule has 0 bridgehead atoms. The summed E-state index contributed by atoms with van der Waals surface area (Å²) in [4.78, 5) is 24.5. The molecule has 1 heterocycles. The number of aromatic hydroxyl groups is 1. The lowest BCUT2D eigenvalue weighted by atomic mass is 10.2. The summed E-state index contributed by atoms with van der Waals surface area (Å²) in [6, 6.07) is 6.73. The van der Waals surface area contributed by atoms with Crippen LogP contribution in [0.5, 0.6) is 5.75 Å². The molecule has 0 saturated carbocycles. The number of carbonyl (C=O) groups is 1. The first-order valence-electron chi connectivity index (χ1n) is 7.09. The summed E-state index contributed by atoms with van der Waals surface area (Å²) >= 11 is 24.3. The van der Waals surface area contributed by atoms with Crippen LogP contribution in [0.25, 0.3) is 6.08 Å². The predicted molar refractivity (Wildman–Crippen MR) is 112 cm³/mol. The second-order valence-corrected chi connectivity index (χ2v) is 8.08. The van der Waals surface area contributed by atoms with Gasteiger partial charge in [-0.25, -0.2) is 0 Å². The predicted octanol–water partition coefficient (Wildman–Crippen LogP) is 5.67. The van der Waals surface area contributed by atoms with Gasteiger partial charge in [-0.05, 0) is 24.3 Å². The SMILES string of the molecule is O=C1/C(=C\c2c(Cl)cc(Cl)c(O)c2Cl)SC(=S)N1c1ccc([N+](=O)[O-])cc1. The number of hydrogen-bond acceptors (Lipinski definition) is 6. The quantitative estimate of drug-likeness (QED) is 0.274. The van der Waals surface area contributed by atoms with E-state index in [2.05, 4.69) is 0 Å². The van der Waals surface area contributed by atoms with Gasteiger partial charge in [0.15, 0.2) is 10.1 Å². The highest BCUT2D eigenvalue weighted by Gasteiger charge is 2.34. The molecule has 6 nitrogen and oxygen atoms in total. The van der Waals surface area contributed by atoms with Gasteiger partial charge in [0.2, 0.25) is 0 Å². The van der Waals surface area contributed by atoms with Gasteiger partial charge in [0, 0.05) is 17.7 Å². The van der Waals surface area contributed by atoms with E-state index in [1.54, 1.807) is 0 Å². The largest absolute Gasteiger partial charge is 0.505 e. The van der Waals surface area contributed by atoms with Gasteiger partial charge in [-0.15, -0.1) is 0 Å². The van der Waals surface area contributed by atoms with Crippen molar-refractivity contribution in [1.29, 1.82) is 0 Å². The maximum Gasteiger partial charge on any atom is 0.270 e. The van der Waals surface area contributed by atoms with Crippen molar-refractivity contribution in [2.45, 2.75) is 0 Å². The Morgan fingerprint density at radius 2 is 1.81 bits per heavy atom. The summed E-state index contributed by atoms with van der Waals surface area (Å²) in [5.41, 5.74) is 0.516. The van der Waals surface area contributed by atoms with E-state index in [1.165, 1.54) is 41.3 Å². The number of non-ortho nitro benzene ring substituents is 1. The molecule has 3 rings (SSSR count). The van der Waals surface area contributed by atoms with Crippen molar-refractivity contribution >= 4 is 86.5 Å². The number of anilines is 1. The molecule has 2 aromatic rings. The van der Waals surface area contributed by atoms with Crippen molar-refractivity contribution in [3.8, 4) is 5.75 Å². The van der Waals surface area contributed by atoms with Crippen LogP contribution in [0.2, 0.25) is 15.1 Å². The van der Waals surface area contributed by atoms with Crippen LogP contribution in [0.1, 0.15) is 5.56 Å². The number of phenols is 1. The van der Waals surface area contributed by atoms with E-state index in [-0.39, 0.29) is 41.3 Å². The van der Waals surface area contributed by atoms with Crippen LogP contribution in [0.3, 0.4) is 0 Å². The molecule has 0 unspecified atom stereocenters. The number of hydrogen-bond donors (Lipinski definition) is 1. The molecule has 27 heavy (non-hydrogen) atoms. The van der Waals surface area contributed by atoms with Gasteiger partial charge < -0.3 is 5.11 Å². The van der Waals surface area contributed by atoms with E-state index in [1.807, 2.05) is 0 Å². The summed E-state index contributed by atoms with van der Waals surface area (Å²) in [5, 5.41) is 20.7. The number of nitro benzene ring substituents is 1. The number of rotatable bonds is 3. The van der Waals surface area contributed by atoms with E-state index < -0.39 is 10.8 Å². The minimum Gasteiger partial charge on any atom is -0.505 e. The molecule has 1 fully saturated rings. The third kappa shape index (κ3) is 3.76. The fraction of sp³-hybridized carbons (Fsp3) is 0. The third-order valence-electron chi connectivity index (χ3n) is 3.57. The summed E-state index contributed by atoms with van der Waals surface area (Å²) in [6.07, 6.45) is 1.41. The standard InChI is InChI=1S/C16H7Cl3N2O4S2/c17-10-6-11(18)14(22)13(19)9(10)5-12-15(23)20(16(26)27-12)7-1-3-8(4-2-7)21(24)25/h1-6,22H/b12-5+. The van der Waals surface area contributed by atoms with Crippen LogP contribution in [0.4, 0.5) is 11.4 Å². The van der Waals surface area contributed by atoms with Gasteiger partial charge in [0.05, 0.1) is 30.6 Å². The number of benzene rings is 2. The second-order valence-electron chi connectivity index (χ2n) is 5.21. The summed E-state index contributed by atoms with van der Waals surface area (Å²) in [6.45, 7) is 0. The molecule has 1 aliphatic rings. The Bertz CT molecular complexity index is 1030. The minimum atomic E-state index is -0.537. The Morgan fingerprint density at radius 3 is 2.41 bits per heavy atom. The lowest BCUT2D eigenvalue weighted by Crippen LogP contribution is -2.27. The van der Waals surface area contributed by atoms with Crippen LogP contribution in [0, 0.1) is 10.1 Å². The van der Waals surface area contributed by atoms with Gasteiger partial charge in [-0.1, -0.05) is 58.8 Å². The molecule has 11 heteroatoms. The van der Waals surface area contributed by atoms with Crippen molar-refractivity contribution in [3.63, 3.8) is 0 Å². The lowest BCUT2D eigenvalue weighted by molar-refractivity contribution is -0.384. The zero-order valence-electron chi connectivity index (χ0n) is 13.0. The average molecular weight is 462 g/mol. The molecule has 1 N–H and O–H groups in total. The number of thioether (sulfide) groups is 1. The molecular weight excluding hydrogens is 455 g/mol. The zero-order valence-corrected chi connectivity index (χ0v) is 16.9. The number of carbonyl (C=O) groups excluding carboxylic acids is 1. The van der Waals surface area contributed by atoms with Crippen molar-refractivity contribution < 1.29 is 14.8 Å². The fourth-order valence-electron chi connectivity index (χ4n) is 2.27. The Labute approximate surface area is 177 Å². The Hall–Kier alpha value is -1.84. The van der Waals surface area contributed by atoms with E-state index in [0.29, 0.717) is 5.69 Å². The van der Waals surface area contributed by atoms with Crippen LogP contribution < -0.4 is 4.90 Å². The average Bonchev–Trinajstić information content (AvgIpc) is 2.90. The molecule has 0 radical (unpaired) electrons. The van der Waals surface area contributed by atoms with Gasteiger partial charge in [-0.3, -0.25) is 19.8 Å². The molecule has 0 atom stereocenters. The van der Waals surface area contributed by atoms with Crippen molar-refractivity contribution in [2.24, 2.45) is 0 Å². The highest BCUT2D eigenvalue weighted by Crippen LogP contribution is 2.43. The number of thiocarbonyl (C=S) groups is 1. The highest BCUT2D eigenvalue weighted by molar-refractivity contribution is 8.27.